The highest BCUT2D eigenvalue weighted by Crippen LogP contribution is 2.28. The summed E-state index contributed by atoms with van der Waals surface area (Å²) in [5, 5.41) is 8.86. The fourth-order valence-electron chi connectivity index (χ4n) is 2.05. The van der Waals surface area contributed by atoms with Crippen LogP contribution in [0.15, 0.2) is 18.2 Å². The van der Waals surface area contributed by atoms with Crippen molar-refractivity contribution in [2.24, 2.45) is 5.92 Å². The van der Waals surface area contributed by atoms with Crippen LogP contribution >= 0.6 is 0 Å². The van der Waals surface area contributed by atoms with Gasteiger partial charge in [0.1, 0.15) is 5.82 Å². The number of rotatable bonds is 3. The van der Waals surface area contributed by atoms with Crippen LogP contribution < -0.4 is 4.90 Å². The summed E-state index contributed by atoms with van der Waals surface area (Å²) in [6.45, 7) is 1.26. The van der Waals surface area contributed by atoms with Crippen LogP contribution in [0.5, 0.6) is 0 Å². The predicted octanol–water partition coefficient (Wildman–Crippen LogP) is 1.47. The number of carbonyl (C=O) groups excluding carboxylic acids is 2. The molecule has 1 amide bonds. The van der Waals surface area contributed by atoms with Crippen molar-refractivity contribution in [3.05, 3.63) is 29.6 Å². The molecule has 1 atom stereocenters. The van der Waals surface area contributed by atoms with Gasteiger partial charge in [0.2, 0.25) is 5.91 Å². The Hall–Kier alpha value is -2.24. The third-order valence-corrected chi connectivity index (χ3v) is 3.12. The average molecular weight is 265 g/mol. The van der Waals surface area contributed by atoms with Crippen molar-refractivity contribution in [2.75, 3.05) is 11.4 Å². The molecule has 1 aromatic carbocycles. The number of Topliss-reactive ketones (excluding diaryl/α,β-unsaturated/α-hetero) is 1. The minimum atomic E-state index is -1.07. The Balaban J connectivity index is 2.30. The van der Waals surface area contributed by atoms with E-state index in [0.717, 1.165) is 11.0 Å². The van der Waals surface area contributed by atoms with E-state index in [1.165, 1.54) is 19.1 Å². The molecule has 1 heterocycles. The van der Waals surface area contributed by atoms with Crippen molar-refractivity contribution in [1.29, 1.82) is 0 Å². The van der Waals surface area contributed by atoms with E-state index in [4.69, 9.17) is 5.11 Å². The maximum atomic E-state index is 13.9. The number of benzene rings is 1. The third-order valence-electron chi connectivity index (χ3n) is 3.12. The lowest BCUT2D eigenvalue weighted by molar-refractivity contribution is -0.141. The van der Waals surface area contributed by atoms with Gasteiger partial charge in [0.15, 0.2) is 5.78 Å². The van der Waals surface area contributed by atoms with Crippen LogP contribution in [-0.4, -0.2) is 29.3 Å². The monoisotopic (exact) mass is 265 g/mol. The van der Waals surface area contributed by atoms with Crippen LogP contribution in [0.2, 0.25) is 0 Å². The van der Waals surface area contributed by atoms with Crippen LogP contribution in [0.1, 0.15) is 23.7 Å². The first kappa shape index (κ1) is 13.2. The van der Waals surface area contributed by atoms with Crippen LogP contribution in [0.25, 0.3) is 0 Å². The summed E-state index contributed by atoms with van der Waals surface area (Å²) in [5.74, 6) is -3.30. The van der Waals surface area contributed by atoms with Gasteiger partial charge in [-0.15, -0.1) is 0 Å². The Morgan fingerprint density at radius 1 is 1.42 bits per heavy atom. The summed E-state index contributed by atoms with van der Waals surface area (Å²) in [6, 6.07) is 3.80. The molecule has 5 nitrogen and oxygen atoms in total. The maximum absolute atomic E-state index is 13.9. The van der Waals surface area contributed by atoms with Gasteiger partial charge in [-0.1, -0.05) is 0 Å². The summed E-state index contributed by atoms with van der Waals surface area (Å²) >= 11 is 0. The van der Waals surface area contributed by atoms with Crippen molar-refractivity contribution in [2.45, 2.75) is 13.3 Å². The summed E-state index contributed by atoms with van der Waals surface area (Å²) < 4.78 is 13.9. The quantitative estimate of drug-likeness (QED) is 0.840. The smallest absolute Gasteiger partial charge is 0.308 e. The largest absolute Gasteiger partial charge is 0.481 e. The number of hydrogen-bond donors (Lipinski definition) is 1. The van der Waals surface area contributed by atoms with Gasteiger partial charge < -0.3 is 10.0 Å². The van der Waals surface area contributed by atoms with E-state index in [2.05, 4.69) is 0 Å². The Kier molecular flexibility index (Phi) is 3.33. The van der Waals surface area contributed by atoms with E-state index in [-0.39, 0.29) is 30.0 Å². The summed E-state index contributed by atoms with van der Waals surface area (Å²) in [7, 11) is 0. The Bertz CT molecular complexity index is 570. The van der Waals surface area contributed by atoms with Gasteiger partial charge in [-0.3, -0.25) is 14.4 Å². The Morgan fingerprint density at radius 3 is 2.58 bits per heavy atom. The fourth-order valence-corrected chi connectivity index (χ4v) is 2.05. The van der Waals surface area contributed by atoms with Crippen molar-refractivity contribution < 1.29 is 23.9 Å². The summed E-state index contributed by atoms with van der Waals surface area (Å²) in [6.07, 6.45) is -0.136. The lowest BCUT2D eigenvalue weighted by Gasteiger charge is -2.17. The SMILES string of the molecule is CC(=O)c1ccc(N2CC(C(=O)O)CC2=O)c(F)c1. The number of anilines is 1. The van der Waals surface area contributed by atoms with E-state index in [0.29, 0.717) is 0 Å². The highest BCUT2D eigenvalue weighted by Gasteiger charge is 2.36. The predicted molar refractivity (Wildman–Crippen MR) is 64.5 cm³/mol. The molecule has 0 radical (unpaired) electrons. The second-order valence-electron chi connectivity index (χ2n) is 4.47. The van der Waals surface area contributed by atoms with Crippen molar-refractivity contribution in [3.8, 4) is 0 Å². The molecule has 0 aliphatic carbocycles. The number of carboxylic acid groups (broad SMARTS) is 1. The number of carboxylic acids is 1. The van der Waals surface area contributed by atoms with Crippen LogP contribution in [-0.2, 0) is 9.59 Å². The zero-order valence-electron chi connectivity index (χ0n) is 10.2. The Labute approximate surface area is 108 Å². The lowest BCUT2D eigenvalue weighted by atomic mass is 10.1. The number of ketones is 1. The molecule has 1 aliphatic heterocycles. The zero-order valence-corrected chi connectivity index (χ0v) is 10.2. The zero-order chi connectivity index (χ0) is 14.2. The molecule has 1 saturated heterocycles. The topological polar surface area (TPSA) is 74.7 Å². The molecule has 1 unspecified atom stereocenters. The number of nitrogens with zero attached hydrogens (tertiary/aromatic N) is 1. The molecule has 1 aliphatic rings. The molecule has 0 saturated carbocycles. The van der Waals surface area contributed by atoms with E-state index >= 15 is 0 Å². The molecule has 6 heteroatoms. The first-order valence-corrected chi connectivity index (χ1v) is 5.74. The van der Waals surface area contributed by atoms with E-state index in [9.17, 15) is 18.8 Å². The molecule has 19 heavy (non-hydrogen) atoms. The first-order chi connectivity index (χ1) is 8.90. The van der Waals surface area contributed by atoms with Gasteiger partial charge in [-0.25, -0.2) is 4.39 Å². The van der Waals surface area contributed by atoms with Gasteiger partial charge in [0, 0.05) is 18.5 Å². The third kappa shape index (κ3) is 2.47. The number of halogens is 1. The minimum absolute atomic E-state index is 0.0127. The number of aliphatic carboxylic acids is 1. The lowest BCUT2D eigenvalue weighted by Crippen LogP contribution is -2.26. The van der Waals surface area contributed by atoms with Gasteiger partial charge >= 0.3 is 5.97 Å². The average Bonchev–Trinajstić information content (AvgIpc) is 2.71. The fraction of sp³-hybridized carbons (Fsp3) is 0.308. The highest BCUT2D eigenvalue weighted by molar-refractivity contribution is 6.00. The molecule has 1 N–H and O–H groups in total. The Morgan fingerprint density at radius 2 is 2.11 bits per heavy atom. The van der Waals surface area contributed by atoms with Crippen LogP contribution in [0, 0.1) is 11.7 Å². The standard InChI is InChI=1S/C13H12FNO4/c1-7(16)8-2-3-11(10(14)4-8)15-6-9(13(18)19)5-12(15)17/h2-4,9H,5-6H2,1H3,(H,18,19). The number of amides is 1. The molecular weight excluding hydrogens is 253 g/mol. The van der Waals surface area contributed by atoms with Crippen molar-refractivity contribution >= 4 is 23.3 Å². The normalized spacial score (nSPS) is 18.7. The minimum Gasteiger partial charge on any atom is -0.481 e. The van der Waals surface area contributed by atoms with Gasteiger partial charge in [-0.2, -0.15) is 0 Å². The molecule has 1 aromatic rings. The number of carbonyl (C=O) groups is 3. The molecule has 100 valence electrons. The second-order valence-corrected chi connectivity index (χ2v) is 4.47. The van der Waals surface area contributed by atoms with Crippen molar-refractivity contribution in [3.63, 3.8) is 0 Å². The molecule has 0 spiro atoms. The molecule has 1 fully saturated rings. The first-order valence-electron chi connectivity index (χ1n) is 5.74. The molecule has 2 rings (SSSR count). The van der Waals surface area contributed by atoms with Gasteiger partial charge in [0.05, 0.1) is 11.6 Å². The summed E-state index contributed by atoms with van der Waals surface area (Å²) in [4.78, 5) is 34.7. The van der Waals surface area contributed by atoms with Crippen molar-refractivity contribution in [1.82, 2.24) is 0 Å². The van der Waals surface area contributed by atoms with E-state index in [1.807, 2.05) is 0 Å². The van der Waals surface area contributed by atoms with E-state index < -0.39 is 23.6 Å². The van der Waals surface area contributed by atoms with E-state index in [1.54, 1.807) is 0 Å². The van der Waals surface area contributed by atoms with Crippen LogP contribution in [0.3, 0.4) is 0 Å². The second kappa shape index (κ2) is 4.79. The molecule has 0 aromatic heterocycles. The maximum Gasteiger partial charge on any atom is 0.308 e. The molecular formula is C13H12FNO4. The van der Waals surface area contributed by atoms with Gasteiger partial charge in [-0.05, 0) is 25.1 Å². The molecule has 0 bridgehead atoms. The van der Waals surface area contributed by atoms with Gasteiger partial charge in [0.25, 0.3) is 0 Å². The van der Waals surface area contributed by atoms with Crippen LogP contribution in [0.4, 0.5) is 10.1 Å². The highest BCUT2D eigenvalue weighted by atomic mass is 19.1. The number of hydrogen-bond acceptors (Lipinski definition) is 3. The summed E-state index contributed by atoms with van der Waals surface area (Å²) in [5.41, 5.74) is 0.224.